The van der Waals surface area contributed by atoms with Crippen LogP contribution in [0.1, 0.15) is 27.2 Å². The van der Waals surface area contributed by atoms with E-state index in [1.807, 2.05) is 0 Å². The van der Waals surface area contributed by atoms with Crippen LogP contribution in [0.3, 0.4) is 0 Å². The Morgan fingerprint density at radius 1 is 1.53 bits per heavy atom. The van der Waals surface area contributed by atoms with Crippen molar-refractivity contribution in [2.24, 2.45) is 0 Å². The van der Waals surface area contributed by atoms with E-state index in [1.54, 1.807) is 20.8 Å². The first-order valence-electron chi connectivity index (χ1n) is 4.42. The Hall–Kier alpha value is -0.770. The normalized spacial score (nSPS) is 12.1. The molecule has 0 aliphatic carbocycles. The van der Waals surface area contributed by atoms with Crippen molar-refractivity contribution in [3.8, 4) is 0 Å². The van der Waals surface area contributed by atoms with E-state index in [1.165, 1.54) is 0 Å². The summed E-state index contributed by atoms with van der Waals surface area (Å²) in [7, 11) is -2.59. The van der Waals surface area contributed by atoms with E-state index in [0.29, 0.717) is 12.0 Å². The minimum atomic E-state index is -2.59. The highest BCUT2D eigenvalue weighted by Crippen LogP contribution is 2.20. The maximum absolute atomic E-state index is 11.2. The molecule has 0 radical (unpaired) electrons. The number of carbonyl (C=O) groups is 1. The van der Waals surface area contributed by atoms with Crippen LogP contribution < -0.4 is 0 Å². The molecule has 0 saturated heterocycles. The molecule has 6 heteroatoms. The summed E-state index contributed by atoms with van der Waals surface area (Å²) in [5.74, 6) is -0.478. The summed E-state index contributed by atoms with van der Waals surface area (Å²) in [6, 6.07) is 0. The van der Waals surface area contributed by atoms with Gasteiger partial charge in [0.25, 0.3) is 0 Å². The molecular weight excluding hydrogens is 219 g/mol. The van der Waals surface area contributed by atoms with Crippen LogP contribution in [0.25, 0.3) is 0 Å². The lowest BCUT2D eigenvalue weighted by Crippen LogP contribution is -2.29. The Bertz CT molecular complexity index is 272. The highest BCUT2D eigenvalue weighted by Gasteiger charge is 2.25. The lowest BCUT2D eigenvalue weighted by atomic mass is 10.1. The molecule has 0 rings (SSSR count). The van der Waals surface area contributed by atoms with Crippen molar-refractivity contribution in [2.45, 2.75) is 32.8 Å². The number of carbonyl (C=O) groups excluding carboxylic acids is 1. The van der Waals surface area contributed by atoms with E-state index in [4.69, 9.17) is 9.63 Å². The molecule has 0 aromatic carbocycles. The van der Waals surface area contributed by atoms with Crippen LogP contribution in [0.5, 0.6) is 0 Å². The summed E-state index contributed by atoms with van der Waals surface area (Å²) >= 11 is 0. The van der Waals surface area contributed by atoms with Gasteiger partial charge in [-0.3, -0.25) is 0 Å². The molecular formula is C9H16O5P+. The van der Waals surface area contributed by atoms with Crippen LogP contribution in [0, 0.1) is 0 Å². The largest absolute Gasteiger partial charge is 0.694 e. The average Bonchev–Trinajstić information content (AvgIpc) is 2.01. The van der Waals surface area contributed by atoms with Crippen molar-refractivity contribution >= 4 is 14.2 Å². The summed E-state index contributed by atoms with van der Waals surface area (Å²) in [4.78, 5) is 19.6. The molecule has 0 fully saturated rings. The first-order chi connectivity index (χ1) is 6.74. The second-order valence-corrected chi connectivity index (χ2v) is 4.48. The maximum Gasteiger partial charge on any atom is 0.694 e. The third-order valence-corrected chi connectivity index (χ3v) is 2.03. The SMILES string of the molecule is C=C(C)C(=O)OC(C)(C)CCO[P+](=O)O. The highest BCUT2D eigenvalue weighted by molar-refractivity contribution is 7.32. The monoisotopic (exact) mass is 235 g/mol. The second-order valence-electron chi connectivity index (χ2n) is 3.75. The van der Waals surface area contributed by atoms with Crippen molar-refractivity contribution in [3.05, 3.63) is 12.2 Å². The maximum atomic E-state index is 11.2. The zero-order valence-electron chi connectivity index (χ0n) is 9.15. The van der Waals surface area contributed by atoms with Crippen LogP contribution >= 0.6 is 8.25 Å². The van der Waals surface area contributed by atoms with Gasteiger partial charge < -0.3 is 4.74 Å². The highest BCUT2D eigenvalue weighted by atomic mass is 31.1. The summed E-state index contributed by atoms with van der Waals surface area (Å²) in [6.07, 6.45) is 0.341. The number of hydrogen-bond donors (Lipinski definition) is 1. The van der Waals surface area contributed by atoms with E-state index in [-0.39, 0.29) is 6.61 Å². The van der Waals surface area contributed by atoms with Crippen molar-refractivity contribution in [2.75, 3.05) is 6.61 Å². The van der Waals surface area contributed by atoms with Gasteiger partial charge in [0, 0.05) is 16.6 Å². The molecule has 86 valence electrons. The van der Waals surface area contributed by atoms with Crippen LogP contribution in [-0.2, 0) is 18.6 Å². The minimum absolute atomic E-state index is 0.0577. The second kappa shape index (κ2) is 5.95. The molecule has 0 heterocycles. The summed E-state index contributed by atoms with van der Waals surface area (Å²) in [5, 5.41) is 0. The summed E-state index contributed by atoms with van der Waals surface area (Å²) < 4.78 is 19.8. The molecule has 0 bridgehead atoms. The molecule has 0 amide bonds. The van der Waals surface area contributed by atoms with E-state index < -0.39 is 19.8 Å². The predicted octanol–water partition coefficient (Wildman–Crippen LogP) is 1.94. The third-order valence-electron chi connectivity index (χ3n) is 1.62. The van der Waals surface area contributed by atoms with E-state index in [2.05, 4.69) is 11.1 Å². The summed E-state index contributed by atoms with van der Waals surface area (Å²) in [6.45, 7) is 8.46. The van der Waals surface area contributed by atoms with Gasteiger partial charge in [0.2, 0.25) is 0 Å². The minimum Gasteiger partial charge on any atom is -0.456 e. The molecule has 0 saturated carbocycles. The fraction of sp³-hybridized carbons (Fsp3) is 0.667. The van der Waals surface area contributed by atoms with Gasteiger partial charge in [-0.05, 0) is 20.8 Å². The number of esters is 1. The van der Waals surface area contributed by atoms with Crippen molar-refractivity contribution in [1.29, 1.82) is 0 Å². The fourth-order valence-corrected chi connectivity index (χ4v) is 1.01. The van der Waals surface area contributed by atoms with Gasteiger partial charge in [0.05, 0.1) is 0 Å². The Morgan fingerprint density at radius 3 is 2.47 bits per heavy atom. The van der Waals surface area contributed by atoms with Gasteiger partial charge in [0.1, 0.15) is 12.2 Å². The van der Waals surface area contributed by atoms with Crippen molar-refractivity contribution in [1.82, 2.24) is 0 Å². The van der Waals surface area contributed by atoms with Crippen molar-refractivity contribution < 1.29 is 23.5 Å². The van der Waals surface area contributed by atoms with E-state index in [0.717, 1.165) is 0 Å². The fourth-order valence-electron chi connectivity index (χ4n) is 0.759. The standard InChI is InChI=1S/C9H15O5P/c1-7(2)8(10)14-9(3,4)5-6-13-15(11)12/h1,5-6H2,2-4H3/p+1. The Labute approximate surface area is 90.0 Å². The first-order valence-corrected chi connectivity index (χ1v) is 5.55. The number of rotatable bonds is 6. The number of ether oxygens (including phenoxy) is 1. The van der Waals surface area contributed by atoms with Gasteiger partial charge in [-0.15, -0.1) is 9.42 Å². The molecule has 0 aromatic heterocycles. The molecule has 0 aliphatic rings. The third kappa shape index (κ3) is 7.19. The topological polar surface area (TPSA) is 72.8 Å². The quantitative estimate of drug-likeness (QED) is 0.432. The average molecular weight is 235 g/mol. The molecule has 0 aromatic rings. The molecule has 1 unspecified atom stereocenters. The zero-order valence-corrected chi connectivity index (χ0v) is 10.0. The smallest absolute Gasteiger partial charge is 0.456 e. The summed E-state index contributed by atoms with van der Waals surface area (Å²) in [5.41, 5.74) is -0.418. The Morgan fingerprint density at radius 2 is 2.07 bits per heavy atom. The Balaban J connectivity index is 4.01. The lowest BCUT2D eigenvalue weighted by molar-refractivity contribution is -0.152. The van der Waals surface area contributed by atoms with E-state index >= 15 is 0 Å². The molecule has 5 nitrogen and oxygen atoms in total. The van der Waals surface area contributed by atoms with E-state index in [9.17, 15) is 9.36 Å². The van der Waals surface area contributed by atoms with Gasteiger partial charge in [0.15, 0.2) is 0 Å². The molecule has 1 atom stereocenters. The van der Waals surface area contributed by atoms with Crippen LogP contribution in [-0.4, -0.2) is 23.1 Å². The van der Waals surface area contributed by atoms with Crippen molar-refractivity contribution in [3.63, 3.8) is 0 Å². The molecule has 0 aliphatic heterocycles. The van der Waals surface area contributed by atoms with Crippen LogP contribution in [0.4, 0.5) is 0 Å². The molecule has 1 N–H and O–H groups in total. The predicted molar refractivity (Wildman–Crippen MR) is 55.4 cm³/mol. The Kier molecular flexibility index (Phi) is 5.65. The number of hydrogen-bond acceptors (Lipinski definition) is 4. The van der Waals surface area contributed by atoms with Gasteiger partial charge in [-0.25, -0.2) is 4.79 Å². The van der Waals surface area contributed by atoms with Crippen LogP contribution in [0.2, 0.25) is 0 Å². The lowest BCUT2D eigenvalue weighted by Gasteiger charge is -2.23. The van der Waals surface area contributed by atoms with Gasteiger partial charge in [-0.2, -0.15) is 0 Å². The van der Waals surface area contributed by atoms with Crippen LogP contribution in [0.15, 0.2) is 12.2 Å². The molecule has 0 spiro atoms. The zero-order chi connectivity index (χ0) is 12.1. The van der Waals surface area contributed by atoms with Gasteiger partial charge in [-0.1, -0.05) is 6.58 Å². The molecule has 15 heavy (non-hydrogen) atoms. The van der Waals surface area contributed by atoms with Gasteiger partial charge >= 0.3 is 14.2 Å². The first kappa shape index (κ1) is 14.2.